The second kappa shape index (κ2) is 6.93. The minimum Gasteiger partial charge on any atom is -0.312 e. The highest BCUT2D eigenvalue weighted by atomic mass is 79.9. The lowest BCUT2D eigenvalue weighted by Gasteiger charge is -2.06. The first-order chi connectivity index (χ1) is 8.75. The third kappa shape index (κ3) is 4.13. The van der Waals surface area contributed by atoms with Gasteiger partial charge in [0, 0.05) is 11.0 Å². The highest BCUT2D eigenvalue weighted by molar-refractivity contribution is 9.10. The molecular formula is C15H15BrClN. The highest BCUT2D eigenvalue weighted by Gasteiger charge is 1.99. The van der Waals surface area contributed by atoms with Crippen LogP contribution in [0.1, 0.15) is 11.1 Å². The lowest BCUT2D eigenvalue weighted by atomic mass is 10.1. The van der Waals surface area contributed by atoms with Gasteiger partial charge in [-0.15, -0.1) is 0 Å². The van der Waals surface area contributed by atoms with Crippen molar-refractivity contribution in [1.29, 1.82) is 0 Å². The molecule has 0 heterocycles. The van der Waals surface area contributed by atoms with Crippen molar-refractivity contribution in [2.75, 3.05) is 6.54 Å². The average Bonchev–Trinajstić information content (AvgIpc) is 2.40. The van der Waals surface area contributed by atoms with Crippen LogP contribution < -0.4 is 5.32 Å². The first-order valence-electron chi connectivity index (χ1n) is 5.94. The quantitative estimate of drug-likeness (QED) is 0.802. The Morgan fingerprint density at radius 2 is 1.78 bits per heavy atom. The maximum Gasteiger partial charge on any atom is 0.0551 e. The maximum absolute atomic E-state index is 6.05. The molecule has 0 aliphatic carbocycles. The largest absolute Gasteiger partial charge is 0.312 e. The summed E-state index contributed by atoms with van der Waals surface area (Å²) in [5.41, 5.74) is 2.56. The van der Waals surface area contributed by atoms with Gasteiger partial charge in [-0.05, 0) is 52.2 Å². The molecule has 0 saturated carbocycles. The molecule has 0 saturated heterocycles. The normalized spacial score (nSPS) is 10.6. The van der Waals surface area contributed by atoms with Gasteiger partial charge in [-0.1, -0.05) is 48.0 Å². The van der Waals surface area contributed by atoms with Crippen LogP contribution in [0.15, 0.2) is 53.0 Å². The number of rotatable bonds is 5. The van der Waals surface area contributed by atoms with E-state index in [9.17, 15) is 0 Å². The van der Waals surface area contributed by atoms with Crippen LogP contribution in [0.5, 0.6) is 0 Å². The number of benzene rings is 2. The van der Waals surface area contributed by atoms with E-state index in [1.54, 1.807) is 0 Å². The van der Waals surface area contributed by atoms with Gasteiger partial charge in [0.1, 0.15) is 0 Å². The maximum atomic E-state index is 6.05. The number of hydrogen-bond donors (Lipinski definition) is 1. The third-order valence-electron chi connectivity index (χ3n) is 2.75. The molecule has 1 nitrogen and oxygen atoms in total. The first-order valence-corrected chi connectivity index (χ1v) is 7.11. The molecule has 18 heavy (non-hydrogen) atoms. The standard InChI is InChI=1S/C15H15BrClN/c16-14-7-6-13(10-15(14)17)11-18-9-8-12-4-2-1-3-5-12/h1-7,10,18H,8-9,11H2. The van der Waals surface area contributed by atoms with Crippen LogP contribution in [0.3, 0.4) is 0 Å². The van der Waals surface area contributed by atoms with Crippen molar-refractivity contribution >= 4 is 27.5 Å². The smallest absolute Gasteiger partial charge is 0.0551 e. The van der Waals surface area contributed by atoms with E-state index in [0.29, 0.717) is 0 Å². The monoisotopic (exact) mass is 323 g/mol. The molecule has 0 aliphatic heterocycles. The van der Waals surface area contributed by atoms with Gasteiger partial charge in [0.25, 0.3) is 0 Å². The molecule has 0 amide bonds. The van der Waals surface area contributed by atoms with Crippen LogP contribution in [-0.4, -0.2) is 6.54 Å². The molecule has 2 rings (SSSR count). The molecule has 3 heteroatoms. The molecule has 0 spiro atoms. The topological polar surface area (TPSA) is 12.0 Å². The van der Waals surface area contributed by atoms with Gasteiger partial charge in [-0.3, -0.25) is 0 Å². The van der Waals surface area contributed by atoms with E-state index in [2.05, 4.69) is 51.6 Å². The van der Waals surface area contributed by atoms with Gasteiger partial charge in [-0.2, -0.15) is 0 Å². The molecule has 0 bridgehead atoms. The van der Waals surface area contributed by atoms with E-state index >= 15 is 0 Å². The van der Waals surface area contributed by atoms with Gasteiger partial charge in [-0.25, -0.2) is 0 Å². The molecule has 0 aromatic heterocycles. The molecule has 0 fully saturated rings. The Morgan fingerprint density at radius 3 is 2.50 bits per heavy atom. The van der Waals surface area contributed by atoms with Crippen molar-refractivity contribution < 1.29 is 0 Å². The molecule has 2 aromatic rings. The van der Waals surface area contributed by atoms with Crippen molar-refractivity contribution in [3.63, 3.8) is 0 Å². The Hall–Kier alpha value is -0.830. The molecule has 94 valence electrons. The summed E-state index contributed by atoms with van der Waals surface area (Å²) in [4.78, 5) is 0. The Balaban J connectivity index is 1.77. The first kappa shape index (κ1) is 13.6. The Kier molecular flexibility index (Phi) is 5.24. The van der Waals surface area contributed by atoms with E-state index in [1.165, 1.54) is 11.1 Å². The fourth-order valence-electron chi connectivity index (χ4n) is 1.76. The zero-order valence-electron chi connectivity index (χ0n) is 10.00. The summed E-state index contributed by atoms with van der Waals surface area (Å²) in [6.07, 6.45) is 1.05. The predicted molar refractivity (Wildman–Crippen MR) is 81.0 cm³/mol. The summed E-state index contributed by atoms with van der Waals surface area (Å²) in [6.45, 7) is 1.82. The van der Waals surface area contributed by atoms with Crippen molar-refractivity contribution in [3.8, 4) is 0 Å². The average molecular weight is 325 g/mol. The zero-order chi connectivity index (χ0) is 12.8. The fraction of sp³-hybridized carbons (Fsp3) is 0.200. The van der Waals surface area contributed by atoms with Crippen LogP contribution in [0.25, 0.3) is 0 Å². The molecule has 0 aliphatic rings. The highest BCUT2D eigenvalue weighted by Crippen LogP contribution is 2.22. The SMILES string of the molecule is Clc1cc(CNCCc2ccccc2)ccc1Br. The van der Waals surface area contributed by atoms with Crippen molar-refractivity contribution in [2.45, 2.75) is 13.0 Å². The molecule has 0 radical (unpaired) electrons. The van der Waals surface area contributed by atoms with E-state index in [1.807, 2.05) is 18.2 Å². The van der Waals surface area contributed by atoms with Crippen LogP contribution in [-0.2, 0) is 13.0 Å². The molecule has 2 aromatic carbocycles. The van der Waals surface area contributed by atoms with Gasteiger partial charge < -0.3 is 5.32 Å². The summed E-state index contributed by atoms with van der Waals surface area (Å²) < 4.78 is 0.942. The van der Waals surface area contributed by atoms with Crippen LogP contribution in [0.4, 0.5) is 0 Å². The summed E-state index contributed by atoms with van der Waals surface area (Å²) in [6, 6.07) is 16.5. The number of nitrogens with one attached hydrogen (secondary N) is 1. The predicted octanol–water partition coefficient (Wildman–Crippen LogP) is 4.43. The van der Waals surface area contributed by atoms with Gasteiger partial charge in [0.05, 0.1) is 5.02 Å². The minimum absolute atomic E-state index is 0.761. The lowest BCUT2D eigenvalue weighted by molar-refractivity contribution is 0.687. The van der Waals surface area contributed by atoms with Gasteiger partial charge in [0.2, 0.25) is 0 Å². The summed E-state index contributed by atoms with van der Waals surface area (Å²) in [5.74, 6) is 0. The Bertz CT molecular complexity index is 499. The van der Waals surface area contributed by atoms with Crippen LogP contribution in [0.2, 0.25) is 5.02 Å². The molecule has 0 atom stereocenters. The second-order valence-corrected chi connectivity index (χ2v) is 5.42. The zero-order valence-corrected chi connectivity index (χ0v) is 12.3. The summed E-state index contributed by atoms with van der Waals surface area (Å²) in [5, 5.41) is 4.18. The Morgan fingerprint density at radius 1 is 1.00 bits per heavy atom. The number of hydrogen-bond acceptors (Lipinski definition) is 1. The summed E-state index contributed by atoms with van der Waals surface area (Å²) in [7, 11) is 0. The molecule has 0 unspecified atom stereocenters. The van der Waals surface area contributed by atoms with Crippen molar-refractivity contribution in [2.24, 2.45) is 0 Å². The van der Waals surface area contributed by atoms with Crippen LogP contribution >= 0.6 is 27.5 Å². The second-order valence-electron chi connectivity index (χ2n) is 4.16. The van der Waals surface area contributed by atoms with Crippen molar-refractivity contribution in [1.82, 2.24) is 5.32 Å². The lowest BCUT2D eigenvalue weighted by Crippen LogP contribution is -2.16. The number of halogens is 2. The van der Waals surface area contributed by atoms with Gasteiger partial charge in [0.15, 0.2) is 0 Å². The van der Waals surface area contributed by atoms with E-state index < -0.39 is 0 Å². The fourth-order valence-corrected chi connectivity index (χ4v) is 2.21. The molecule has 1 N–H and O–H groups in total. The minimum atomic E-state index is 0.761. The van der Waals surface area contributed by atoms with E-state index in [-0.39, 0.29) is 0 Å². The van der Waals surface area contributed by atoms with Gasteiger partial charge >= 0.3 is 0 Å². The third-order valence-corrected chi connectivity index (χ3v) is 3.98. The van der Waals surface area contributed by atoms with E-state index in [4.69, 9.17) is 11.6 Å². The van der Waals surface area contributed by atoms with Crippen molar-refractivity contribution in [3.05, 3.63) is 69.2 Å². The summed E-state index contributed by atoms with van der Waals surface area (Å²) >= 11 is 9.44. The Labute approximate surface area is 121 Å². The van der Waals surface area contributed by atoms with Crippen LogP contribution in [0, 0.1) is 0 Å². The van der Waals surface area contributed by atoms with E-state index in [0.717, 1.165) is 29.0 Å². The molecular weight excluding hydrogens is 310 g/mol.